The molecule has 2 heterocycles. The van der Waals surface area contributed by atoms with Crippen LogP contribution < -0.4 is 15.0 Å². The SMILES string of the molecule is CCOCCc1nn2c(=O)cc(COC(=O)COc3ccc(OC)cc3)nc2s1. The van der Waals surface area contributed by atoms with Crippen molar-refractivity contribution in [3.05, 3.63) is 51.4 Å². The molecule has 0 aliphatic carbocycles. The Balaban J connectivity index is 1.55. The second-order valence-corrected chi connectivity index (χ2v) is 6.89. The molecule has 0 saturated carbocycles. The normalized spacial score (nSPS) is 10.8. The van der Waals surface area contributed by atoms with E-state index in [4.69, 9.17) is 18.9 Å². The van der Waals surface area contributed by atoms with E-state index < -0.39 is 5.97 Å². The van der Waals surface area contributed by atoms with Crippen molar-refractivity contribution in [1.29, 1.82) is 0 Å². The van der Waals surface area contributed by atoms with Gasteiger partial charge in [0.2, 0.25) is 4.96 Å². The molecule has 3 rings (SSSR count). The zero-order chi connectivity index (χ0) is 20.6. The summed E-state index contributed by atoms with van der Waals surface area (Å²) in [6.45, 7) is 2.70. The fraction of sp³-hybridized carbons (Fsp3) is 0.368. The minimum absolute atomic E-state index is 0.122. The van der Waals surface area contributed by atoms with Gasteiger partial charge in [0.25, 0.3) is 5.56 Å². The first-order valence-electron chi connectivity index (χ1n) is 8.98. The Kier molecular flexibility index (Phi) is 7.14. The van der Waals surface area contributed by atoms with Crippen molar-refractivity contribution in [2.75, 3.05) is 26.9 Å². The van der Waals surface area contributed by atoms with Gasteiger partial charge in [-0.05, 0) is 31.2 Å². The van der Waals surface area contributed by atoms with Gasteiger partial charge < -0.3 is 18.9 Å². The monoisotopic (exact) mass is 419 g/mol. The minimum Gasteiger partial charge on any atom is -0.497 e. The summed E-state index contributed by atoms with van der Waals surface area (Å²) < 4.78 is 22.1. The molecule has 0 spiro atoms. The zero-order valence-electron chi connectivity index (χ0n) is 16.1. The number of hydrogen-bond donors (Lipinski definition) is 0. The number of carbonyl (C=O) groups is 1. The highest BCUT2D eigenvalue weighted by Gasteiger charge is 2.11. The first-order chi connectivity index (χ1) is 14.1. The second kappa shape index (κ2) is 9.99. The average molecular weight is 419 g/mol. The molecule has 29 heavy (non-hydrogen) atoms. The molecule has 3 aromatic rings. The predicted molar refractivity (Wildman–Crippen MR) is 106 cm³/mol. The fourth-order valence-corrected chi connectivity index (χ4v) is 3.28. The van der Waals surface area contributed by atoms with Crippen molar-refractivity contribution in [3.8, 4) is 11.5 Å². The van der Waals surface area contributed by atoms with Crippen molar-refractivity contribution < 1.29 is 23.7 Å². The molecule has 0 fully saturated rings. The summed E-state index contributed by atoms with van der Waals surface area (Å²) in [7, 11) is 1.57. The molecule has 10 heteroatoms. The molecule has 2 aromatic heterocycles. The summed E-state index contributed by atoms with van der Waals surface area (Å²) in [5.74, 6) is 0.645. The van der Waals surface area contributed by atoms with Crippen molar-refractivity contribution in [2.45, 2.75) is 20.0 Å². The third-order valence-electron chi connectivity index (χ3n) is 3.80. The van der Waals surface area contributed by atoms with Crippen LogP contribution in [0.4, 0.5) is 0 Å². The molecule has 0 aliphatic heterocycles. The lowest BCUT2D eigenvalue weighted by molar-refractivity contribution is -0.147. The zero-order valence-corrected chi connectivity index (χ0v) is 16.9. The van der Waals surface area contributed by atoms with E-state index in [0.717, 1.165) is 5.01 Å². The highest BCUT2D eigenvalue weighted by Crippen LogP contribution is 2.17. The van der Waals surface area contributed by atoms with Crippen LogP contribution >= 0.6 is 11.3 Å². The number of esters is 1. The predicted octanol–water partition coefficient (Wildman–Crippen LogP) is 1.86. The van der Waals surface area contributed by atoms with Crippen molar-refractivity contribution in [1.82, 2.24) is 14.6 Å². The topological polar surface area (TPSA) is 101 Å². The maximum absolute atomic E-state index is 12.2. The van der Waals surface area contributed by atoms with Gasteiger partial charge in [0.1, 0.15) is 23.1 Å². The Bertz CT molecular complexity index is 1010. The molecule has 0 bridgehead atoms. The highest BCUT2D eigenvalue weighted by molar-refractivity contribution is 7.16. The van der Waals surface area contributed by atoms with Crippen LogP contribution in [-0.4, -0.2) is 47.5 Å². The van der Waals surface area contributed by atoms with Gasteiger partial charge in [-0.3, -0.25) is 4.79 Å². The van der Waals surface area contributed by atoms with Gasteiger partial charge in [0.05, 0.1) is 19.4 Å². The van der Waals surface area contributed by atoms with Crippen LogP contribution in [0.1, 0.15) is 17.6 Å². The van der Waals surface area contributed by atoms with E-state index in [0.29, 0.717) is 41.8 Å². The number of carbonyl (C=O) groups excluding carboxylic acids is 1. The number of benzene rings is 1. The Morgan fingerprint density at radius 1 is 1.21 bits per heavy atom. The third-order valence-corrected chi connectivity index (χ3v) is 4.77. The average Bonchev–Trinajstić information content (AvgIpc) is 3.15. The minimum atomic E-state index is -0.565. The molecule has 0 N–H and O–H groups in total. The van der Waals surface area contributed by atoms with Gasteiger partial charge >= 0.3 is 5.97 Å². The number of hydrogen-bond acceptors (Lipinski definition) is 9. The number of methoxy groups -OCH3 is 1. The number of ether oxygens (including phenoxy) is 4. The van der Waals surface area contributed by atoms with Crippen molar-refractivity contribution in [3.63, 3.8) is 0 Å². The lowest BCUT2D eigenvalue weighted by atomic mass is 10.3. The summed E-state index contributed by atoms with van der Waals surface area (Å²) >= 11 is 1.31. The summed E-state index contributed by atoms with van der Waals surface area (Å²) in [6, 6.07) is 8.14. The standard InChI is InChI=1S/C19H21N3O6S/c1-3-26-9-8-16-21-22-17(23)10-13(20-19(22)29-16)11-28-18(24)12-27-15-6-4-14(25-2)5-7-15/h4-7,10H,3,8-9,11-12H2,1-2H3. The largest absolute Gasteiger partial charge is 0.497 e. The van der Waals surface area contributed by atoms with Gasteiger partial charge in [-0.25, -0.2) is 9.78 Å². The molecule has 154 valence electrons. The van der Waals surface area contributed by atoms with E-state index in [1.54, 1.807) is 31.4 Å². The summed E-state index contributed by atoms with van der Waals surface area (Å²) in [4.78, 5) is 28.9. The van der Waals surface area contributed by atoms with Crippen LogP contribution in [0.5, 0.6) is 11.5 Å². The van der Waals surface area contributed by atoms with Crippen LogP contribution in [0.3, 0.4) is 0 Å². The van der Waals surface area contributed by atoms with E-state index in [2.05, 4.69) is 10.1 Å². The number of rotatable bonds is 10. The van der Waals surface area contributed by atoms with Crippen LogP contribution in [0, 0.1) is 0 Å². The quantitative estimate of drug-likeness (QED) is 0.363. The van der Waals surface area contributed by atoms with Gasteiger partial charge in [0.15, 0.2) is 6.61 Å². The lowest BCUT2D eigenvalue weighted by Crippen LogP contribution is -2.18. The van der Waals surface area contributed by atoms with Crippen molar-refractivity contribution in [2.24, 2.45) is 0 Å². The first kappa shape index (κ1) is 20.7. The molecule has 0 aliphatic rings. The number of aromatic nitrogens is 3. The van der Waals surface area contributed by atoms with E-state index in [-0.39, 0.29) is 18.8 Å². The second-order valence-electron chi connectivity index (χ2n) is 5.85. The molecular weight excluding hydrogens is 398 g/mol. The first-order valence-corrected chi connectivity index (χ1v) is 9.79. The van der Waals surface area contributed by atoms with E-state index in [1.807, 2.05) is 6.92 Å². The summed E-state index contributed by atoms with van der Waals surface area (Å²) in [5, 5.41) is 4.99. The molecule has 0 amide bonds. The number of fused-ring (bicyclic) bond motifs is 1. The highest BCUT2D eigenvalue weighted by atomic mass is 32.1. The maximum atomic E-state index is 12.2. The molecule has 0 atom stereocenters. The smallest absolute Gasteiger partial charge is 0.344 e. The van der Waals surface area contributed by atoms with Crippen LogP contribution in [-0.2, 0) is 27.3 Å². The maximum Gasteiger partial charge on any atom is 0.344 e. The Hall–Kier alpha value is -2.98. The van der Waals surface area contributed by atoms with E-state index in [9.17, 15) is 9.59 Å². The Morgan fingerprint density at radius 2 is 1.97 bits per heavy atom. The lowest BCUT2D eigenvalue weighted by Gasteiger charge is -2.07. The van der Waals surface area contributed by atoms with Crippen LogP contribution in [0.2, 0.25) is 0 Å². The summed E-state index contributed by atoms with van der Waals surface area (Å²) in [6.07, 6.45) is 0.605. The molecular formula is C19H21N3O6S. The van der Waals surface area contributed by atoms with E-state index in [1.165, 1.54) is 21.9 Å². The Morgan fingerprint density at radius 3 is 2.69 bits per heavy atom. The number of nitrogens with zero attached hydrogens (tertiary/aromatic N) is 3. The van der Waals surface area contributed by atoms with Gasteiger partial charge in [0, 0.05) is 19.1 Å². The van der Waals surface area contributed by atoms with Gasteiger partial charge in [-0.2, -0.15) is 9.61 Å². The third kappa shape index (κ3) is 5.75. The molecule has 0 saturated heterocycles. The molecule has 0 radical (unpaired) electrons. The molecule has 9 nitrogen and oxygen atoms in total. The fourth-order valence-electron chi connectivity index (χ4n) is 2.38. The van der Waals surface area contributed by atoms with E-state index >= 15 is 0 Å². The Labute approximate surface area is 170 Å². The van der Waals surface area contributed by atoms with Crippen LogP contribution in [0.25, 0.3) is 4.96 Å². The van der Waals surface area contributed by atoms with Crippen molar-refractivity contribution >= 4 is 22.3 Å². The van der Waals surface area contributed by atoms with Crippen LogP contribution in [0.15, 0.2) is 35.1 Å². The molecule has 0 unspecified atom stereocenters. The van der Waals surface area contributed by atoms with Gasteiger partial charge in [-0.15, -0.1) is 0 Å². The van der Waals surface area contributed by atoms with Gasteiger partial charge in [-0.1, -0.05) is 11.3 Å². The summed E-state index contributed by atoms with van der Waals surface area (Å²) in [5.41, 5.74) is 0.0299. The molecule has 1 aromatic carbocycles.